The molecule has 1 heterocycles. The zero-order valence-corrected chi connectivity index (χ0v) is 14.1. The summed E-state index contributed by atoms with van der Waals surface area (Å²) in [4.78, 5) is 9.23. The second-order valence-corrected chi connectivity index (χ2v) is 5.48. The monoisotopic (exact) mass is 294 g/mol. The number of unbranched alkanes of at least 4 members (excludes halogenated alkanes) is 1. The van der Waals surface area contributed by atoms with E-state index in [4.69, 9.17) is 4.74 Å². The lowest BCUT2D eigenvalue weighted by Crippen LogP contribution is -2.15. The van der Waals surface area contributed by atoms with Crippen molar-refractivity contribution in [2.24, 2.45) is 0 Å². The average Bonchev–Trinajstić information content (AvgIpc) is 2.46. The number of rotatable bonds is 10. The van der Waals surface area contributed by atoms with Gasteiger partial charge in [-0.1, -0.05) is 27.2 Å². The Balaban J connectivity index is 2.66. The van der Waals surface area contributed by atoms with Crippen molar-refractivity contribution in [2.45, 2.75) is 53.4 Å². The van der Waals surface area contributed by atoms with Crippen LogP contribution in [0.5, 0.6) is 0 Å². The zero-order chi connectivity index (χ0) is 15.7. The fourth-order valence-corrected chi connectivity index (χ4v) is 1.89. The van der Waals surface area contributed by atoms with Crippen molar-refractivity contribution in [3.8, 4) is 0 Å². The molecule has 0 amide bonds. The number of anilines is 2. The molecule has 0 fully saturated rings. The van der Waals surface area contributed by atoms with Crippen LogP contribution in [0.4, 0.5) is 11.6 Å². The van der Waals surface area contributed by atoms with Crippen molar-refractivity contribution in [3.05, 3.63) is 11.4 Å². The molecule has 5 heteroatoms. The largest absolute Gasteiger partial charge is 0.380 e. The number of aromatic nitrogens is 2. The summed E-state index contributed by atoms with van der Waals surface area (Å²) in [6, 6.07) is 0. The smallest absolute Gasteiger partial charge is 0.135 e. The normalized spacial score (nSPS) is 11.0. The van der Waals surface area contributed by atoms with Gasteiger partial charge in [-0.3, -0.25) is 0 Å². The van der Waals surface area contributed by atoms with E-state index in [0.29, 0.717) is 12.5 Å². The molecule has 0 bridgehead atoms. The third-order valence-electron chi connectivity index (χ3n) is 3.20. The topological polar surface area (TPSA) is 59.1 Å². The first kappa shape index (κ1) is 17.7. The van der Waals surface area contributed by atoms with Crippen LogP contribution in [0.2, 0.25) is 0 Å². The molecule has 0 aliphatic carbocycles. The molecule has 0 atom stereocenters. The number of ether oxygens (including phenoxy) is 1. The third kappa shape index (κ3) is 5.87. The van der Waals surface area contributed by atoms with E-state index in [9.17, 15) is 0 Å². The van der Waals surface area contributed by atoms with Gasteiger partial charge in [-0.25, -0.2) is 9.97 Å². The van der Waals surface area contributed by atoms with Gasteiger partial charge < -0.3 is 15.4 Å². The summed E-state index contributed by atoms with van der Waals surface area (Å²) in [6.07, 6.45) is 2.29. The highest BCUT2D eigenvalue weighted by molar-refractivity contribution is 5.57. The summed E-state index contributed by atoms with van der Waals surface area (Å²) in [5, 5.41) is 6.68. The number of hydrogen-bond donors (Lipinski definition) is 2. The van der Waals surface area contributed by atoms with Crippen LogP contribution in [-0.4, -0.2) is 36.3 Å². The van der Waals surface area contributed by atoms with Gasteiger partial charge in [0.2, 0.25) is 0 Å². The summed E-state index contributed by atoms with van der Waals surface area (Å²) < 4.78 is 5.57. The first-order valence-corrected chi connectivity index (χ1v) is 8.04. The fourth-order valence-electron chi connectivity index (χ4n) is 1.89. The molecular formula is C16H30N4O. The van der Waals surface area contributed by atoms with Crippen LogP contribution in [0.3, 0.4) is 0 Å². The summed E-state index contributed by atoms with van der Waals surface area (Å²) in [5.74, 6) is 3.00. The SMILES string of the molecule is CCCCOCCNc1nc(C(C)C)nc(NCC)c1C. The van der Waals surface area contributed by atoms with E-state index in [1.165, 1.54) is 6.42 Å². The molecule has 0 unspecified atom stereocenters. The molecule has 21 heavy (non-hydrogen) atoms. The number of nitrogens with zero attached hydrogens (tertiary/aromatic N) is 2. The first-order chi connectivity index (χ1) is 10.1. The van der Waals surface area contributed by atoms with Crippen LogP contribution >= 0.6 is 0 Å². The zero-order valence-electron chi connectivity index (χ0n) is 14.1. The van der Waals surface area contributed by atoms with Crippen LogP contribution in [0.1, 0.15) is 57.8 Å². The second kappa shape index (κ2) is 9.55. The van der Waals surface area contributed by atoms with Gasteiger partial charge in [0.05, 0.1) is 6.61 Å². The fraction of sp³-hybridized carbons (Fsp3) is 0.750. The minimum absolute atomic E-state index is 0.310. The van der Waals surface area contributed by atoms with Gasteiger partial charge in [-0.05, 0) is 20.3 Å². The molecule has 1 rings (SSSR count). The molecule has 1 aromatic heterocycles. The van der Waals surface area contributed by atoms with Crippen LogP contribution in [-0.2, 0) is 4.74 Å². The van der Waals surface area contributed by atoms with Gasteiger partial charge in [0.15, 0.2) is 0 Å². The quantitative estimate of drug-likeness (QED) is 0.646. The highest BCUT2D eigenvalue weighted by Gasteiger charge is 2.12. The van der Waals surface area contributed by atoms with E-state index in [-0.39, 0.29) is 0 Å². The molecule has 0 aliphatic heterocycles. The van der Waals surface area contributed by atoms with Crippen LogP contribution < -0.4 is 10.6 Å². The lowest BCUT2D eigenvalue weighted by atomic mass is 10.2. The van der Waals surface area contributed by atoms with Crippen LogP contribution in [0.25, 0.3) is 0 Å². The minimum atomic E-state index is 0.310. The van der Waals surface area contributed by atoms with Crippen LogP contribution in [0, 0.1) is 6.92 Å². The Kier molecular flexibility index (Phi) is 8.05. The number of nitrogens with one attached hydrogen (secondary N) is 2. The molecule has 1 aromatic rings. The lowest BCUT2D eigenvalue weighted by molar-refractivity contribution is 0.141. The van der Waals surface area contributed by atoms with Crippen molar-refractivity contribution in [1.82, 2.24) is 9.97 Å². The minimum Gasteiger partial charge on any atom is -0.380 e. The maximum atomic E-state index is 5.57. The van der Waals surface area contributed by atoms with E-state index in [2.05, 4.69) is 48.3 Å². The molecule has 2 N–H and O–H groups in total. The van der Waals surface area contributed by atoms with Crippen molar-refractivity contribution in [2.75, 3.05) is 36.9 Å². The molecule has 0 spiro atoms. The standard InChI is InChI=1S/C16H30N4O/c1-6-8-10-21-11-9-18-16-13(5)15(17-7-2)19-14(20-16)12(3)4/h12H,6-11H2,1-5H3,(H2,17,18,19,20). The average molecular weight is 294 g/mol. The van der Waals surface area contributed by atoms with E-state index in [0.717, 1.165) is 49.1 Å². The Bertz CT molecular complexity index is 421. The highest BCUT2D eigenvalue weighted by atomic mass is 16.5. The van der Waals surface area contributed by atoms with E-state index in [1.54, 1.807) is 0 Å². The lowest BCUT2D eigenvalue weighted by Gasteiger charge is -2.16. The molecule has 5 nitrogen and oxygen atoms in total. The van der Waals surface area contributed by atoms with Crippen LogP contribution in [0.15, 0.2) is 0 Å². The molecular weight excluding hydrogens is 264 g/mol. The maximum Gasteiger partial charge on any atom is 0.135 e. The van der Waals surface area contributed by atoms with Crippen molar-refractivity contribution in [1.29, 1.82) is 0 Å². The Morgan fingerprint density at radius 3 is 2.29 bits per heavy atom. The molecule has 120 valence electrons. The predicted molar refractivity (Wildman–Crippen MR) is 89.2 cm³/mol. The Hall–Kier alpha value is -1.36. The third-order valence-corrected chi connectivity index (χ3v) is 3.20. The summed E-state index contributed by atoms with van der Waals surface area (Å²) in [6.45, 7) is 13.7. The molecule has 0 saturated heterocycles. The molecule has 0 radical (unpaired) electrons. The van der Waals surface area contributed by atoms with Gasteiger partial charge in [-0.15, -0.1) is 0 Å². The number of hydrogen-bond acceptors (Lipinski definition) is 5. The molecule has 0 aromatic carbocycles. The van der Waals surface area contributed by atoms with Crippen molar-refractivity contribution < 1.29 is 4.74 Å². The Morgan fingerprint density at radius 1 is 1.05 bits per heavy atom. The first-order valence-electron chi connectivity index (χ1n) is 8.04. The van der Waals surface area contributed by atoms with Gasteiger partial charge in [0.1, 0.15) is 17.5 Å². The van der Waals surface area contributed by atoms with Gasteiger partial charge in [0, 0.05) is 31.2 Å². The van der Waals surface area contributed by atoms with Crippen molar-refractivity contribution >= 4 is 11.6 Å². The highest BCUT2D eigenvalue weighted by Crippen LogP contribution is 2.22. The predicted octanol–water partition coefficient (Wildman–Crippen LogP) is 3.57. The Morgan fingerprint density at radius 2 is 1.71 bits per heavy atom. The van der Waals surface area contributed by atoms with Crippen molar-refractivity contribution in [3.63, 3.8) is 0 Å². The van der Waals surface area contributed by atoms with Gasteiger partial charge in [-0.2, -0.15) is 0 Å². The molecule has 0 saturated carbocycles. The van der Waals surface area contributed by atoms with E-state index in [1.807, 2.05) is 6.92 Å². The van der Waals surface area contributed by atoms with E-state index >= 15 is 0 Å². The van der Waals surface area contributed by atoms with Gasteiger partial charge in [0.25, 0.3) is 0 Å². The summed E-state index contributed by atoms with van der Waals surface area (Å²) in [7, 11) is 0. The van der Waals surface area contributed by atoms with E-state index < -0.39 is 0 Å². The van der Waals surface area contributed by atoms with Gasteiger partial charge >= 0.3 is 0 Å². The maximum absolute atomic E-state index is 5.57. The molecule has 0 aliphatic rings. The summed E-state index contributed by atoms with van der Waals surface area (Å²) in [5.41, 5.74) is 1.06. The Labute approximate surface area is 128 Å². The summed E-state index contributed by atoms with van der Waals surface area (Å²) >= 11 is 0. The second-order valence-electron chi connectivity index (χ2n) is 5.48.